The van der Waals surface area contributed by atoms with E-state index >= 15 is 0 Å². The second-order valence-corrected chi connectivity index (χ2v) is 6.54. The summed E-state index contributed by atoms with van der Waals surface area (Å²) >= 11 is 0. The summed E-state index contributed by atoms with van der Waals surface area (Å²) in [5.41, 5.74) is 3.10. The molecule has 0 aromatic heterocycles. The van der Waals surface area contributed by atoms with Gasteiger partial charge in [-0.1, -0.05) is 79.4 Å². The highest BCUT2D eigenvalue weighted by Crippen LogP contribution is 2.43. The fourth-order valence-electron chi connectivity index (χ4n) is 3.81. The Balaban J connectivity index is 2.15. The Bertz CT molecular complexity index is 1110. The van der Waals surface area contributed by atoms with Crippen LogP contribution in [0.1, 0.15) is 11.1 Å². The zero-order chi connectivity index (χ0) is 19.5. The average Bonchev–Trinajstić information content (AvgIpc) is 2.76. The summed E-state index contributed by atoms with van der Waals surface area (Å²) in [6.07, 6.45) is 3.85. The molecule has 0 aliphatic heterocycles. The molecule has 0 saturated heterocycles. The molecule has 0 heterocycles. The molecule has 4 aromatic rings. The molecule has 28 heavy (non-hydrogen) atoms. The molecule has 2 heteroatoms. The van der Waals surface area contributed by atoms with E-state index in [2.05, 4.69) is 55.1 Å². The van der Waals surface area contributed by atoms with Gasteiger partial charge >= 0.3 is 0 Å². The molecule has 0 saturated carbocycles. The Labute approximate surface area is 165 Å². The predicted octanol–water partition coefficient (Wildman–Crippen LogP) is 6.63. The van der Waals surface area contributed by atoms with Crippen LogP contribution < -0.4 is 9.47 Å². The lowest BCUT2D eigenvalue weighted by Crippen LogP contribution is -1.99. The average molecular weight is 366 g/mol. The summed E-state index contributed by atoms with van der Waals surface area (Å²) < 4.78 is 11.5. The predicted molar refractivity (Wildman–Crippen MR) is 118 cm³/mol. The van der Waals surface area contributed by atoms with Crippen molar-refractivity contribution in [2.24, 2.45) is 0 Å². The van der Waals surface area contributed by atoms with E-state index in [0.717, 1.165) is 49.7 Å². The maximum atomic E-state index is 5.77. The molecule has 0 radical (unpaired) electrons. The molecule has 0 bridgehead atoms. The molecule has 0 aliphatic carbocycles. The smallest absolute Gasteiger partial charge is 0.127 e. The van der Waals surface area contributed by atoms with Gasteiger partial charge in [-0.3, -0.25) is 0 Å². The third-order valence-electron chi connectivity index (χ3n) is 5.04. The Morgan fingerprint density at radius 2 is 1.14 bits per heavy atom. The number of rotatable bonds is 5. The van der Waals surface area contributed by atoms with Gasteiger partial charge in [0.15, 0.2) is 0 Å². The fraction of sp³-hybridized carbons (Fsp3) is 0.0769. The first-order chi connectivity index (χ1) is 13.8. The number of hydrogen-bond acceptors (Lipinski definition) is 2. The van der Waals surface area contributed by atoms with Crippen molar-refractivity contribution >= 4 is 27.1 Å². The molecule has 2 nitrogen and oxygen atoms in total. The van der Waals surface area contributed by atoms with Crippen LogP contribution >= 0.6 is 0 Å². The molecule has 4 rings (SSSR count). The largest absolute Gasteiger partial charge is 0.496 e. The normalized spacial score (nSPS) is 10.6. The standard InChI is InChI=1S/C26H22O2/c1-4-9-22(25-20-12-7-5-10-18(20)14-16-23(25)27-2)26-21-13-8-6-11-19(21)15-17-24(26)28-3/h4-17H,1H2,2-3H3. The van der Waals surface area contributed by atoms with Crippen molar-refractivity contribution in [1.82, 2.24) is 0 Å². The van der Waals surface area contributed by atoms with Crippen molar-refractivity contribution in [3.63, 3.8) is 0 Å². The van der Waals surface area contributed by atoms with Gasteiger partial charge in [-0.05, 0) is 39.3 Å². The van der Waals surface area contributed by atoms with Crippen LogP contribution in [0.2, 0.25) is 0 Å². The molecule has 0 unspecified atom stereocenters. The minimum absolute atomic E-state index is 0.821. The zero-order valence-corrected chi connectivity index (χ0v) is 16.1. The summed E-state index contributed by atoms with van der Waals surface area (Å²) in [5, 5.41) is 4.58. The van der Waals surface area contributed by atoms with Crippen LogP contribution in [0.3, 0.4) is 0 Å². The van der Waals surface area contributed by atoms with Gasteiger partial charge in [-0.2, -0.15) is 0 Å². The van der Waals surface area contributed by atoms with Gasteiger partial charge in [-0.25, -0.2) is 0 Å². The molecule has 0 aliphatic rings. The number of ether oxygens (including phenoxy) is 2. The lowest BCUT2D eigenvalue weighted by Gasteiger charge is -2.19. The number of methoxy groups -OCH3 is 2. The van der Waals surface area contributed by atoms with Crippen LogP contribution in [-0.2, 0) is 0 Å². The van der Waals surface area contributed by atoms with Crippen LogP contribution in [0, 0.1) is 0 Å². The Hall–Kier alpha value is -3.52. The van der Waals surface area contributed by atoms with Gasteiger partial charge in [0.25, 0.3) is 0 Å². The minimum atomic E-state index is 0.821. The molecule has 0 N–H and O–H groups in total. The summed E-state index contributed by atoms with van der Waals surface area (Å²) in [7, 11) is 3.42. The van der Waals surface area contributed by atoms with Gasteiger partial charge in [-0.15, -0.1) is 0 Å². The number of allylic oxidation sites excluding steroid dienone is 2. The molecular weight excluding hydrogens is 344 g/mol. The second kappa shape index (κ2) is 7.61. The Morgan fingerprint density at radius 3 is 1.57 bits per heavy atom. The van der Waals surface area contributed by atoms with E-state index < -0.39 is 0 Å². The maximum Gasteiger partial charge on any atom is 0.127 e. The number of benzene rings is 4. The van der Waals surface area contributed by atoms with Crippen LogP contribution in [0.15, 0.2) is 91.5 Å². The van der Waals surface area contributed by atoms with E-state index in [1.807, 2.05) is 36.4 Å². The Morgan fingerprint density at radius 1 is 0.679 bits per heavy atom. The highest BCUT2D eigenvalue weighted by molar-refractivity contribution is 6.07. The highest BCUT2D eigenvalue weighted by Gasteiger charge is 2.19. The van der Waals surface area contributed by atoms with Gasteiger partial charge in [0, 0.05) is 11.1 Å². The van der Waals surface area contributed by atoms with E-state index in [9.17, 15) is 0 Å². The first kappa shape index (κ1) is 17.9. The van der Waals surface area contributed by atoms with E-state index in [4.69, 9.17) is 9.47 Å². The summed E-state index contributed by atoms with van der Waals surface area (Å²) in [6, 6.07) is 24.9. The van der Waals surface area contributed by atoms with Gasteiger partial charge < -0.3 is 9.47 Å². The third kappa shape index (κ3) is 2.93. The van der Waals surface area contributed by atoms with Crippen molar-refractivity contribution in [2.75, 3.05) is 14.2 Å². The number of hydrogen-bond donors (Lipinski definition) is 0. The molecule has 0 spiro atoms. The van der Waals surface area contributed by atoms with Crippen LogP contribution in [0.25, 0.3) is 27.1 Å². The summed E-state index contributed by atoms with van der Waals surface area (Å²) in [4.78, 5) is 0. The van der Waals surface area contributed by atoms with Crippen molar-refractivity contribution in [3.8, 4) is 11.5 Å². The first-order valence-corrected chi connectivity index (χ1v) is 9.23. The van der Waals surface area contributed by atoms with E-state index in [1.165, 1.54) is 0 Å². The lowest BCUT2D eigenvalue weighted by atomic mass is 9.88. The quantitative estimate of drug-likeness (QED) is 0.369. The van der Waals surface area contributed by atoms with Crippen LogP contribution in [0.4, 0.5) is 0 Å². The van der Waals surface area contributed by atoms with Crippen LogP contribution in [0.5, 0.6) is 11.5 Å². The number of fused-ring (bicyclic) bond motifs is 2. The van der Waals surface area contributed by atoms with Crippen molar-refractivity contribution in [2.45, 2.75) is 0 Å². The first-order valence-electron chi connectivity index (χ1n) is 9.23. The topological polar surface area (TPSA) is 18.5 Å². The highest BCUT2D eigenvalue weighted by atomic mass is 16.5. The molecule has 0 amide bonds. The van der Waals surface area contributed by atoms with Crippen molar-refractivity contribution in [1.29, 1.82) is 0 Å². The zero-order valence-electron chi connectivity index (χ0n) is 16.1. The molecular formula is C26H22O2. The van der Waals surface area contributed by atoms with Gasteiger partial charge in [0.2, 0.25) is 0 Å². The fourth-order valence-corrected chi connectivity index (χ4v) is 3.81. The summed E-state index contributed by atoms with van der Waals surface area (Å²) in [6.45, 7) is 3.96. The summed E-state index contributed by atoms with van der Waals surface area (Å²) in [5.74, 6) is 1.64. The van der Waals surface area contributed by atoms with E-state index in [-0.39, 0.29) is 0 Å². The van der Waals surface area contributed by atoms with E-state index in [1.54, 1.807) is 14.2 Å². The van der Waals surface area contributed by atoms with E-state index in [0.29, 0.717) is 0 Å². The molecule has 138 valence electrons. The Kier molecular flexibility index (Phi) is 4.86. The SMILES string of the molecule is C=CC=C(c1c(OC)ccc2ccccc12)c1c(OC)ccc2ccccc12. The van der Waals surface area contributed by atoms with Crippen molar-refractivity contribution < 1.29 is 9.47 Å². The molecule has 4 aromatic carbocycles. The van der Waals surface area contributed by atoms with Gasteiger partial charge in [0.05, 0.1) is 14.2 Å². The maximum absolute atomic E-state index is 5.77. The lowest BCUT2D eigenvalue weighted by molar-refractivity contribution is 0.412. The molecule has 0 fully saturated rings. The molecule has 0 atom stereocenters. The van der Waals surface area contributed by atoms with Crippen LogP contribution in [-0.4, -0.2) is 14.2 Å². The van der Waals surface area contributed by atoms with Gasteiger partial charge in [0.1, 0.15) is 11.5 Å². The third-order valence-corrected chi connectivity index (χ3v) is 5.04. The van der Waals surface area contributed by atoms with Crippen molar-refractivity contribution in [3.05, 3.63) is 103 Å². The second-order valence-electron chi connectivity index (χ2n) is 6.54. The monoisotopic (exact) mass is 366 g/mol. The minimum Gasteiger partial charge on any atom is -0.496 e.